The molecule has 1 fully saturated rings. The van der Waals surface area contributed by atoms with Crippen LogP contribution in [0, 0.1) is 6.92 Å². The van der Waals surface area contributed by atoms with Gasteiger partial charge in [-0.3, -0.25) is 0 Å². The van der Waals surface area contributed by atoms with Gasteiger partial charge in [0.25, 0.3) is 0 Å². The standard InChI is InChI=1S/C20H26FN7O/c1-12(2)28-13(3)24-15-10-23-19(9-16(15)28)25-18-5-7-22-20(26-18)27-8-6-17(29-4)14(21)11-27/h5,7,9-10,12,14,17H,6,8,11H2,1-4H3,(H,22,23,25,26)/t14-,17-/m1/s1. The molecule has 154 valence electrons. The zero-order valence-electron chi connectivity index (χ0n) is 17.1. The zero-order valence-corrected chi connectivity index (χ0v) is 17.1. The van der Waals surface area contributed by atoms with Gasteiger partial charge in [-0.15, -0.1) is 0 Å². The first-order valence-electron chi connectivity index (χ1n) is 9.82. The van der Waals surface area contributed by atoms with Crippen molar-refractivity contribution in [2.24, 2.45) is 0 Å². The Bertz CT molecular complexity index is 1010. The Morgan fingerprint density at radius 1 is 1.24 bits per heavy atom. The number of anilines is 3. The number of hydrogen-bond acceptors (Lipinski definition) is 7. The van der Waals surface area contributed by atoms with Crippen molar-refractivity contribution in [1.29, 1.82) is 0 Å². The van der Waals surface area contributed by atoms with Crippen LogP contribution < -0.4 is 10.2 Å². The fourth-order valence-electron chi connectivity index (χ4n) is 3.87. The lowest BCUT2D eigenvalue weighted by Crippen LogP contribution is -2.46. The fourth-order valence-corrected chi connectivity index (χ4v) is 3.87. The fraction of sp³-hybridized carbons (Fsp3) is 0.500. The van der Waals surface area contributed by atoms with Gasteiger partial charge in [0.1, 0.15) is 29.1 Å². The van der Waals surface area contributed by atoms with Gasteiger partial charge in [0, 0.05) is 32.0 Å². The van der Waals surface area contributed by atoms with Crippen molar-refractivity contribution >= 4 is 28.6 Å². The molecule has 1 saturated heterocycles. The SMILES string of the molecule is CO[C@@H]1CCN(c2nccc(Nc3cc4c(cn3)nc(C)n4C(C)C)n2)C[C@H]1F. The number of nitrogens with one attached hydrogen (secondary N) is 1. The van der Waals surface area contributed by atoms with Crippen molar-refractivity contribution in [1.82, 2.24) is 24.5 Å². The summed E-state index contributed by atoms with van der Waals surface area (Å²) < 4.78 is 21.6. The summed E-state index contributed by atoms with van der Waals surface area (Å²) in [6.07, 6.45) is 2.61. The number of halogens is 1. The van der Waals surface area contributed by atoms with Gasteiger partial charge in [-0.05, 0) is 33.3 Å². The molecule has 0 unspecified atom stereocenters. The lowest BCUT2D eigenvalue weighted by atomic mass is 10.1. The van der Waals surface area contributed by atoms with Gasteiger partial charge in [-0.1, -0.05) is 0 Å². The van der Waals surface area contributed by atoms with Crippen LogP contribution in [0.4, 0.5) is 22.0 Å². The molecule has 2 atom stereocenters. The Labute approximate surface area is 169 Å². The van der Waals surface area contributed by atoms with Gasteiger partial charge >= 0.3 is 0 Å². The second-order valence-electron chi connectivity index (χ2n) is 7.57. The molecule has 4 heterocycles. The molecule has 0 aromatic carbocycles. The highest BCUT2D eigenvalue weighted by Crippen LogP contribution is 2.25. The van der Waals surface area contributed by atoms with E-state index in [1.54, 1.807) is 25.6 Å². The summed E-state index contributed by atoms with van der Waals surface area (Å²) in [6, 6.07) is 4.04. The van der Waals surface area contributed by atoms with E-state index in [4.69, 9.17) is 4.74 Å². The molecule has 0 amide bonds. The number of fused-ring (bicyclic) bond motifs is 1. The molecule has 1 N–H and O–H groups in total. The van der Waals surface area contributed by atoms with Gasteiger partial charge in [-0.25, -0.2) is 19.3 Å². The molecular weight excluding hydrogens is 373 g/mol. The molecule has 0 saturated carbocycles. The van der Waals surface area contributed by atoms with E-state index < -0.39 is 6.17 Å². The Morgan fingerprint density at radius 2 is 2.07 bits per heavy atom. The summed E-state index contributed by atoms with van der Waals surface area (Å²) >= 11 is 0. The zero-order chi connectivity index (χ0) is 20.5. The highest BCUT2D eigenvalue weighted by Gasteiger charge is 2.30. The van der Waals surface area contributed by atoms with Crippen molar-refractivity contribution in [3.05, 3.63) is 30.4 Å². The first-order chi connectivity index (χ1) is 14.0. The number of rotatable bonds is 5. The number of nitrogens with zero attached hydrogens (tertiary/aromatic N) is 6. The van der Waals surface area contributed by atoms with E-state index in [0.29, 0.717) is 36.6 Å². The Morgan fingerprint density at radius 3 is 2.79 bits per heavy atom. The number of methoxy groups -OCH3 is 1. The van der Waals surface area contributed by atoms with E-state index in [-0.39, 0.29) is 12.6 Å². The molecule has 0 radical (unpaired) electrons. The summed E-state index contributed by atoms with van der Waals surface area (Å²) in [7, 11) is 1.55. The predicted octanol–water partition coefficient (Wildman–Crippen LogP) is 3.42. The molecule has 0 spiro atoms. The van der Waals surface area contributed by atoms with Crippen molar-refractivity contribution in [3.8, 4) is 0 Å². The molecule has 1 aliphatic rings. The number of alkyl halides is 1. The Balaban J connectivity index is 1.56. The van der Waals surface area contributed by atoms with Crippen LogP contribution in [0.3, 0.4) is 0 Å². The Hall–Kier alpha value is -2.81. The molecule has 0 bridgehead atoms. The maximum absolute atomic E-state index is 14.2. The molecule has 9 heteroatoms. The van der Waals surface area contributed by atoms with Crippen LogP contribution in [0.25, 0.3) is 11.0 Å². The van der Waals surface area contributed by atoms with E-state index in [1.165, 1.54) is 0 Å². The summed E-state index contributed by atoms with van der Waals surface area (Å²) in [5, 5.41) is 3.23. The maximum Gasteiger partial charge on any atom is 0.227 e. The van der Waals surface area contributed by atoms with E-state index in [2.05, 4.69) is 43.7 Å². The lowest BCUT2D eigenvalue weighted by Gasteiger charge is -2.33. The van der Waals surface area contributed by atoms with Gasteiger partial charge in [0.05, 0.1) is 24.4 Å². The number of pyridine rings is 1. The average Bonchev–Trinajstić information content (AvgIpc) is 3.03. The highest BCUT2D eigenvalue weighted by molar-refractivity contribution is 5.79. The molecule has 8 nitrogen and oxygen atoms in total. The minimum Gasteiger partial charge on any atom is -0.378 e. The first-order valence-corrected chi connectivity index (χ1v) is 9.82. The number of ether oxygens (including phenoxy) is 1. The quantitative estimate of drug-likeness (QED) is 0.704. The lowest BCUT2D eigenvalue weighted by molar-refractivity contribution is 0.0194. The number of aryl methyl sites for hydroxylation is 1. The second kappa shape index (κ2) is 7.90. The van der Waals surface area contributed by atoms with Crippen molar-refractivity contribution in [2.45, 2.75) is 45.5 Å². The minimum atomic E-state index is -1.06. The topological polar surface area (TPSA) is 81.0 Å². The molecule has 29 heavy (non-hydrogen) atoms. The van der Waals surface area contributed by atoms with E-state index in [9.17, 15) is 4.39 Å². The van der Waals surface area contributed by atoms with Gasteiger partial charge < -0.3 is 19.5 Å². The average molecular weight is 399 g/mol. The monoisotopic (exact) mass is 399 g/mol. The van der Waals surface area contributed by atoms with E-state index >= 15 is 0 Å². The van der Waals surface area contributed by atoms with Gasteiger partial charge in [0.15, 0.2) is 0 Å². The van der Waals surface area contributed by atoms with E-state index in [0.717, 1.165) is 16.9 Å². The molecule has 3 aromatic heterocycles. The third-order valence-electron chi connectivity index (χ3n) is 5.23. The molecule has 1 aliphatic heterocycles. The highest BCUT2D eigenvalue weighted by atomic mass is 19.1. The van der Waals surface area contributed by atoms with Gasteiger partial charge in [-0.2, -0.15) is 4.98 Å². The molecular formula is C20H26FN7O. The van der Waals surface area contributed by atoms with Crippen molar-refractivity contribution in [2.75, 3.05) is 30.4 Å². The molecule has 4 rings (SSSR count). The second-order valence-corrected chi connectivity index (χ2v) is 7.57. The third-order valence-corrected chi connectivity index (χ3v) is 5.23. The van der Waals surface area contributed by atoms with Crippen LogP contribution in [-0.4, -0.2) is 57.0 Å². The van der Waals surface area contributed by atoms with Gasteiger partial charge in [0.2, 0.25) is 5.95 Å². The smallest absolute Gasteiger partial charge is 0.227 e. The molecule has 3 aromatic rings. The predicted molar refractivity (Wildman–Crippen MR) is 110 cm³/mol. The number of hydrogen-bond donors (Lipinski definition) is 1. The largest absolute Gasteiger partial charge is 0.378 e. The van der Waals surface area contributed by atoms with Crippen LogP contribution >= 0.6 is 0 Å². The molecule has 0 aliphatic carbocycles. The normalized spacial score (nSPS) is 19.9. The Kier molecular flexibility index (Phi) is 5.31. The van der Waals surface area contributed by atoms with Crippen molar-refractivity contribution in [3.63, 3.8) is 0 Å². The summed E-state index contributed by atoms with van der Waals surface area (Å²) in [6.45, 7) is 7.12. The maximum atomic E-state index is 14.2. The van der Waals surface area contributed by atoms with Crippen molar-refractivity contribution < 1.29 is 9.13 Å². The van der Waals surface area contributed by atoms with Crippen LogP contribution in [0.5, 0.6) is 0 Å². The van der Waals surface area contributed by atoms with Crippen LogP contribution in [0.1, 0.15) is 32.1 Å². The van der Waals surface area contributed by atoms with Crippen LogP contribution in [-0.2, 0) is 4.74 Å². The number of aromatic nitrogens is 5. The minimum absolute atomic E-state index is 0.221. The summed E-state index contributed by atoms with van der Waals surface area (Å²) in [4.78, 5) is 19.7. The summed E-state index contributed by atoms with van der Waals surface area (Å²) in [5.74, 6) is 2.73. The third kappa shape index (κ3) is 3.87. The first kappa shape index (κ1) is 19.5. The number of piperidine rings is 1. The van der Waals surface area contributed by atoms with E-state index in [1.807, 2.05) is 17.9 Å². The van der Waals surface area contributed by atoms with Crippen LogP contribution in [0.2, 0.25) is 0 Å². The summed E-state index contributed by atoms with van der Waals surface area (Å²) in [5.41, 5.74) is 1.88. The number of imidazole rings is 1. The van der Waals surface area contributed by atoms with Crippen LogP contribution in [0.15, 0.2) is 24.5 Å².